The Kier molecular flexibility index (Phi) is 10.1. The van der Waals surface area contributed by atoms with Crippen LogP contribution in [0.15, 0.2) is 79.0 Å². The number of aliphatic hydroxyl groups is 3. The van der Waals surface area contributed by atoms with E-state index in [1.807, 2.05) is 42.6 Å². The number of benzene rings is 4. The van der Waals surface area contributed by atoms with Crippen LogP contribution in [0.2, 0.25) is 0 Å². The molecule has 16 nitrogen and oxygen atoms in total. The highest BCUT2D eigenvalue weighted by atomic mass is 16.7. The lowest BCUT2D eigenvalue weighted by Gasteiger charge is -2.43. The molecule has 0 aliphatic carbocycles. The van der Waals surface area contributed by atoms with E-state index in [-0.39, 0.29) is 11.7 Å². The van der Waals surface area contributed by atoms with E-state index in [0.717, 1.165) is 38.7 Å². The van der Waals surface area contributed by atoms with Gasteiger partial charge in [-0.15, -0.1) is 0 Å². The maximum absolute atomic E-state index is 12.4. The van der Waals surface area contributed by atoms with Crippen LogP contribution in [-0.4, -0.2) is 100 Å². The summed E-state index contributed by atoms with van der Waals surface area (Å²) in [7, 11) is 1.59. The number of hydrogen-bond donors (Lipinski definition) is 7. The number of fused-ring (bicyclic) bond motifs is 3. The van der Waals surface area contributed by atoms with Gasteiger partial charge in [-0.2, -0.15) is 0 Å². The molecule has 0 spiro atoms. The fourth-order valence-corrected chi connectivity index (χ4v) is 8.64. The van der Waals surface area contributed by atoms with Gasteiger partial charge in [-0.25, -0.2) is 0 Å². The lowest BCUT2D eigenvalue weighted by Crippen LogP contribution is -2.66. The van der Waals surface area contributed by atoms with Gasteiger partial charge in [-0.3, -0.25) is 9.59 Å². The number of H-pyrrole nitrogens is 1. The van der Waals surface area contributed by atoms with Crippen molar-refractivity contribution in [2.75, 3.05) is 13.7 Å². The number of aliphatic hydroxyl groups excluding tert-OH is 3. The van der Waals surface area contributed by atoms with Crippen LogP contribution in [0.1, 0.15) is 40.7 Å². The van der Waals surface area contributed by atoms with Gasteiger partial charge < -0.3 is 70.0 Å². The van der Waals surface area contributed by atoms with Crippen LogP contribution in [-0.2, 0) is 31.9 Å². The number of nitrogens with two attached hydrogens (primary N) is 2. The molecule has 0 radical (unpaired) electrons. The number of aromatic nitrogens is 1. The molecule has 308 valence electrons. The van der Waals surface area contributed by atoms with Gasteiger partial charge in [-0.05, 0) is 34.9 Å². The highest BCUT2D eigenvalue weighted by Crippen LogP contribution is 2.60. The van der Waals surface area contributed by atoms with Gasteiger partial charge in [0.1, 0.15) is 54.5 Å². The second-order valence-electron chi connectivity index (χ2n) is 15.1. The number of para-hydroxylation sites is 1. The average Bonchev–Trinajstić information content (AvgIpc) is 3.82. The molecule has 7 aliphatic rings. The average molecular weight is 810 g/mol. The van der Waals surface area contributed by atoms with Gasteiger partial charge in [0.15, 0.2) is 17.6 Å². The molecular weight excluding hydrogens is 766 g/mol. The molecule has 9 atom stereocenters. The van der Waals surface area contributed by atoms with E-state index in [1.54, 1.807) is 19.2 Å². The Balaban J connectivity index is 1.15. The molecule has 4 aromatic carbocycles. The summed E-state index contributed by atoms with van der Waals surface area (Å²) in [5.74, 6) is -0.798. The number of rotatable bonds is 9. The Labute approximate surface area is 337 Å². The SMILES string of the molecule is COc1c2ccc3c1O[C@H]1c4c(cc(O[C@@H]5O[C@H]([C@H](OC(=O)CC(=O)O)C(N)N)[C@@H](O)[C@H](O)[C@H]5O)cc4-c4c[nH]c5ccccc45)O[C@@H](Cc4ccc(cc4)CCO2)[C@@H]31. The highest BCUT2D eigenvalue weighted by Gasteiger charge is 2.52. The molecule has 7 aliphatic heterocycles. The molecule has 0 saturated carbocycles. The molecule has 0 amide bonds. The first-order valence-electron chi connectivity index (χ1n) is 19.3. The first-order valence-corrected chi connectivity index (χ1v) is 19.3. The lowest BCUT2D eigenvalue weighted by atomic mass is 9.79. The number of nitrogens with one attached hydrogen (secondary N) is 1. The van der Waals surface area contributed by atoms with Gasteiger partial charge in [-0.1, -0.05) is 48.5 Å². The lowest BCUT2D eigenvalue weighted by molar-refractivity contribution is -0.291. The van der Waals surface area contributed by atoms with Crippen molar-refractivity contribution in [3.63, 3.8) is 0 Å². The highest BCUT2D eigenvalue weighted by molar-refractivity contribution is 5.97. The number of hydrogen-bond acceptors (Lipinski definition) is 14. The fraction of sp³-hybridized carbons (Fsp3) is 0.349. The van der Waals surface area contributed by atoms with Crippen LogP contribution in [0.5, 0.6) is 28.7 Å². The molecule has 1 aromatic heterocycles. The summed E-state index contributed by atoms with van der Waals surface area (Å²) in [5.41, 5.74) is 17.9. The number of carboxylic acid groups (broad SMARTS) is 1. The van der Waals surface area contributed by atoms with Crippen LogP contribution in [0.4, 0.5) is 0 Å². The largest absolute Gasteiger partial charge is 0.490 e. The molecule has 0 unspecified atom stereocenters. The zero-order valence-corrected chi connectivity index (χ0v) is 31.7. The molecule has 6 bridgehead atoms. The van der Waals surface area contributed by atoms with Crippen LogP contribution in [0.3, 0.4) is 0 Å². The van der Waals surface area contributed by atoms with Crippen LogP contribution >= 0.6 is 0 Å². The minimum atomic E-state index is -1.89. The molecule has 1 fully saturated rings. The number of aliphatic carboxylic acids is 1. The molecule has 59 heavy (non-hydrogen) atoms. The maximum Gasteiger partial charge on any atom is 0.317 e. The topological polar surface area (TPSA) is 247 Å². The normalized spacial score (nSPS) is 25.9. The summed E-state index contributed by atoms with van der Waals surface area (Å²) in [5, 5.41) is 43.2. The first kappa shape index (κ1) is 38.6. The predicted molar refractivity (Wildman–Crippen MR) is 208 cm³/mol. The van der Waals surface area contributed by atoms with Gasteiger partial charge in [0.2, 0.25) is 12.0 Å². The molecule has 1 saturated heterocycles. The van der Waals surface area contributed by atoms with Gasteiger partial charge >= 0.3 is 11.9 Å². The first-order chi connectivity index (χ1) is 28.5. The Morgan fingerprint density at radius 1 is 0.915 bits per heavy atom. The number of carbonyl (C=O) groups is 2. The molecule has 8 heterocycles. The van der Waals surface area contributed by atoms with Crippen LogP contribution < -0.4 is 35.2 Å². The maximum atomic E-state index is 12.4. The second-order valence-corrected chi connectivity index (χ2v) is 15.1. The Hall–Kier alpha value is -5.88. The van der Waals surface area contributed by atoms with Crippen molar-refractivity contribution in [2.24, 2.45) is 11.5 Å². The van der Waals surface area contributed by atoms with E-state index >= 15 is 0 Å². The van der Waals surface area contributed by atoms with Gasteiger partial charge in [0.25, 0.3) is 0 Å². The molecule has 12 rings (SSSR count). The van der Waals surface area contributed by atoms with Crippen LogP contribution in [0, 0.1) is 0 Å². The van der Waals surface area contributed by atoms with E-state index in [4.69, 9.17) is 49.7 Å². The van der Waals surface area contributed by atoms with Crippen molar-refractivity contribution in [1.82, 2.24) is 4.98 Å². The van der Waals surface area contributed by atoms with E-state index in [9.17, 15) is 24.9 Å². The van der Waals surface area contributed by atoms with Crippen molar-refractivity contribution in [3.05, 3.63) is 101 Å². The predicted octanol–water partition coefficient (Wildman–Crippen LogP) is 2.82. The summed E-state index contributed by atoms with van der Waals surface area (Å²) in [6.07, 6.45) is -11.0. The quantitative estimate of drug-likeness (QED) is 0.0643. The molecule has 9 N–H and O–H groups in total. The van der Waals surface area contributed by atoms with Gasteiger partial charge in [0.05, 0.1) is 25.8 Å². The van der Waals surface area contributed by atoms with Crippen molar-refractivity contribution < 1.29 is 63.2 Å². The summed E-state index contributed by atoms with van der Waals surface area (Å²) in [4.78, 5) is 26.9. The van der Waals surface area contributed by atoms with Crippen molar-refractivity contribution in [2.45, 2.75) is 80.4 Å². The third-order valence-corrected chi connectivity index (χ3v) is 11.4. The van der Waals surface area contributed by atoms with E-state index in [2.05, 4.69) is 29.2 Å². The second kappa shape index (κ2) is 15.4. The monoisotopic (exact) mass is 809 g/mol. The summed E-state index contributed by atoms with van der Waals surface area (Å²) >= 11 is 0. The number of methoxy groups -OCH3 is 1. The van der Waals surface area contributed by atoms with Crippen molar-refractivity contribution in [3.8, 4) is 39.9 Å². The van der Waals surface area contributed by atoms with E-state index < -0.39 is 73.5 Å². The Morgan fingerprint density at radius 2 is 1.69 bits per heavy atom. The smallest absolute Gasteiger partial charge is 0.317 e. The fourth-order valence-electron chi connectivity index (χ4n) is 8.64. The van der Waals surface area contributed by atoms with E-state index in [1.165, 1.54) is 0 Å². The molecule has 16 heteroatoms. The molecular formula is C43H43N3O13. The number of aromatic amines is 1. The minimum Gasteiger partial charge on any atom is -0.490 e. The summed E-state index contributed by atoms with van der Waals surface area (Å²) < 4.78 is 43.7. The number of carboxylic acids is 1. The standard InChI is InChI=1S/C43H43N3O13/c1-53-38-27-11-10-23-32-28(14-20-8-6-19(7-9-20)12-13-54-27)56-29-16-21(15-24(33(29)39(32)58-37(23)38)25-18-46-26-5-3-2-4-22(25)26)55-43-36(52)34(50)35(51)40(59-43)41(42(44)45)57-31(49)17-30(47)48/h2-11,15-16,18,28,32,34-36,39-43,46,50-52H,12-14,17,44-45H2,1H3,(H,47,48)/t28-,32+,34-,35-,36+,39+,40-,41-,43+/m0/s1. The third-order valence-electron chi connectivity index (χ3n) is 11.4. The van der Waals surface area contributed by atoms with E-state index in [0.29, 0.717) is 48.0 Å². The number of carbonyl (C=O) groups excluding carboxylic acids is 1. The van der Waals surface area contributed by atoms with Crippen LogP contribution in [0.25, 0.3) is 22.0 Å². The number of ether oxygens (including phenoxy) is 7. The summed E-state index contributed by atoms with van der Waals surface area (Å²) in [6, 6.07) is 23.4. The van der Waals surface area contributed by atoms with Gasteiger partial charge in [0, 0.05) is 52.7 Å². The van der Waals surface area contributed by atoms with Crippen molar-refractivity contribution >= 4 is 22.8 Å². The molecule has 5 aromatic rings. The third kappa shape index (κ3) is 6.96. The number of esters is 1. The Morgan fingerprint density at radius 3 is 2.46 bits per heavy atom. The summed E-state index contributed by atoms with van der Waals surface area (Å²) in [6.45, 7) is 0.440. The zero-order chi connectivity index (χ0) is 41.1. The minimum absolute atomic E-state index is 0.142. The zero-order valence-electron chi connectivity index (χ0n) is 31.7. The van der Waals surface area contributed by atoms with Crippen molar-refractivity contribution in [1.29, 1.82) is 0 Å². The Bertz CT molecular complexity index is 2400.